The van der Waals surface area contributed by atoms with Gasteiger partial charge in [0.05, 0.1) is 23.8 Å². The molecule has 0 aromatic heterocycles. The third-order valence-electron chi connectivity index (χ3n) is 6.46. The number of carbonyl (C=O) groups is 2. The topological polar surface area (TPSA) is 78.9 Å². The third kappa shape index (κ3) is 6.74. The highest BCUT2D eigenvalue weighted by molar-refractivity contribution is 9.10. The van der Waals surface area contributed by atoms with Crippen LogP contribution in [0.5, 0.6) is 5.75 Å². The highest BCUT2D eigenvalue weighted by Crippen LogP contribution is 2.55. The van der Waals surface area contributed by atoms with Crippen LogP contribution in [0.1, 0.15) is 17.5 Å². The van der Waals surface area contributed by atoms with Crippen molar-refractivity contribution in [3.05, 3.63) is 117 Å². The molecule has 0 aliphatic carbocycles. The summed E-state index contributed by atoms with van der Waals surface area (Å²) in [4.78, 5) is 26.4. The average molecular weight is 684 g/mol. The lowest BCUT2D eigenvalue weighted by Crippen LogP contribution is -2.30. The molecule has 0 spiro atoms. The van der Waals surface area contributed by atoms with Gasteiger partial charge in [-0.25, -0.2) is 0 Å². The molecule has 0 fully saturated rings. The molecular formula is C31H25Br2O6P. The third-order valence-corrected chi connectivity index (χ3v) is 9.98. The smallest absolute Gasteiger partial charge is 0.310 e. The predicted molar refractivity (Wildman–Crippen MR) is 161 cm³/mol. The minimum absolute atomic E-state index is 0.00639. The Labute approximate surface area is 249 Å². The van der Waals surface area contributed by atoms with Gasteiger partial charge in [0, 0.05) is 14.5 Å². The molecule has 1 aliphatic rings. The van der Waals surface area contributed by atoms with Gasteiger partial charge < -0.3 is 14.0 Å². The summed E-state index contributed by atoms with van der Waals surface area (Å²) in [7, 11) is -3.61. The fraction of sp³-hybridized carbons (Fsp3) is 0.161. The molecule has 0 radical (unpaired) electrons. The van der Waals surface area contributed by atoms with Crippen molar-refractivity contribution in [2.24, 2.45) is 5.92 Å². The van der Waals surface area contributed by atoms with Gasteiger partial charge in [-0.15, -0.1) is 0 Å². The first-order valence-corrected chi connectivity index (χ1v) is 16.0. The molecule has 6 nitrogen and oxygen atoms in total. The van der Waals surface area contributed by atoms with Crippen molar-refractivity contribution in [1.82, 2.24) is 0 Å². The summed E-state index contributed by atoms with van der Waals surface area (Å²) in [6.45, 7) is 0.0505. The van der Waals surface area contributed by atoms with Crippen LogP contribution in [0.2, 0.25) is 0 Å². The Kier molecular flexibility index (Phi) is 8.89. The maximum absolute atomic E-state index is 14.5. The highest BCUT2D eigenvalue weighted by atomic mass is 79.9. The molecule has 1 heterocycles. The molecule has 2 unspecified atom stereocenters. The first kappa shape index (κ1) is 28.3. The second-order valence-corrected chi connectivity index (χ2v) is 13.6. The van der Waals surface area contributed by atoms with E-state index >= 15 is 0 Å². The maximum Gasteiger partial charge on any atom is 0.310 e. The molecule has 0 bridgehead atoms. The summed E-state index contributed by atoms with van der Waals surface area (Å²) in [5, 5.41) is 0.515. The van der Waals surface area contributed by atoms with Gasteiger partial charge in [-0.2, -0.15) is 0 Å². The lowest BCUT2D eigenvalue weighted by atomic mass is 10.0. The number of fused-ring (bicyclic) bond motifs is 3. The van der Waals surface area contributed by atoms with Gasteiger partial charge in [-0.1, -0.05) is 92.5 Å². The Bertz CT molecular complexity index is 1600. The number of rotatable bonds is 9. The van der Waals surface area contributed by atoms with Crippen molar-refractivity contribution < 1.29 is 28.2 Å². The summed E-state index contributed by atoms with van der Waals surface area (Å²) in [5.41, 5.74) is 3.18. The lowest BCUT2D eigenvalue weighted by molar-refractivity contribution is -0.155. The predicted octanol–water partition coefficient (Wildman–Crippen LogP) is 7.67. The van der Waals surface area contributed by atoms with Crippen molar-refractivity contribution >= 4 is 56.5 Å². The van der Waals surface area contributed by atoms with Crippen LogP contribution in [0.15, 0.2) is 106 Å². The van der Waals surface area contributed by atoms with Crippen LogP contribution in [0.3, 0.4) is 0 Å². The molecular weight excluding hydrogens is 659 g/mol. The van der Waals surface area contributed by atoms with E-state index in [4.69, 9.17) is 14.0 Å². The lowest BCUT2D eigenvalue weighted by Gasteiger charge is -2.30. The summed E-state index contributed by atoms with van der Waals surface area (Å²) < 4.78 is 33.4. The van der Waals surface area contributed by atoms with Crippen LogP contribution in [0.4, 0.5) is 0 Å². The monoisotopic (exact) mass is 682 g/mol. The van der Waals surface area contributed by atoms with Crippen LogP contribution in [0, 0.1) is 5.92 Å². The number of carbonyl (C=O) groups excluding carboxylic acids is 2. The summed E-state index contributed by atoms with van der Waals surface area (Å²) in [5.74, 6) is -1.81. The molecule has 0 N–H and O–H groups in total. The average Bonchev–Trinajstić information content (AvgIpc) is 2.95. The second-order valence-electron chi connectivity index (χ2n) is 9.39. The minimum Gasteiger partial charge on any atom is -0.461 e. The number of hydrogen-bond donors (Lipinski definition) is 0. The zero-order chi connectivity index (χ0) is 28.1. The molecule has 40 heavy (non-hydrogen) atoms. The molecule has 1 aliphatic heterocycles. The summed E-state index contributed by atoms with van der Waals surface area (Å²) in [6.07, 6.45) is -0.510. The number of benzene rings is 4. The number of halogens is 2. The van der Waals surface area contributed by atoms with Gasteiger partial charge >= 0.3 is 11.9 Å². The molecule has 5 rings (SSSR count). The zero-order valence-electron chi connectivity index (χ0n) is 21.3. The molecule has 0 saturated heterocycles. The number of ether oxygens (including phenoxy) is 2. The summed E-state index contributed by atoms with van der Waals surface area (Å²) in [6, 6.07) is 29.4. The Morgan fingerprint density at radius 3 is 2.02 bits per heavy atom. The Hall–Kier alpha value is -3.19. The van der Waals surface area contributed by atoms with Crippen LogP contribution in [-0.2, 0) is 36.8 Å². The van der Waals surface area contributed by atoms with Gasteiger partial charge in [0.15, 0.2) is 0 Å². The quantitative estimate of drug-likeness (QED) is 0.133. The molecule has 9 heteroatoms. The molecule has 0 saturated carbocycles. The molecule has 0 amide bonds. The van der Waals surface area contributed by atoms with Crippen molar-refractivity contribution in [3.63, 3.8) is 0 Å². The van der Waals surface area contributed by atoms with Gasteiger partial charge in [-0.3, -0.25) is 14.2 Å². The van der Waals surface area contributed by atoms with Gasteiger partial charge in [-0.05, 0) is 53.1 Å². The van der Waals surface area contributed by atoms with Crippen LogP contribution in [-0.4, -0.2) is 18.1 Å². The Morgan fingerprint density at radius 2 is 1.35 bits per heavy atom. The van der Waals surface area contributed by atoms with E-state index in [9.17, 15) is 14.2 Å². The van der Waals surface area contributed by atoms with Gasteiger partial charge in [0.25, 0.3) is 7.37 Å². The first-order valence-electron chi connectivity index (χ1n) is 12.6. The number of para-hydroxylation sites is 1. The molecule has 4 aromatic carbocycles. The van der Waals surface area contributed by atoms with E-state index in [0.717, 1.165) is 31.2 Å². The van der Waals surface area contributed by atoms with E-state index in [1.807, 2.05) is 72.8 Å². The van der Waals surface area contributed by atoms with E-state index < -0.39 is 25.2 Å². The van der Waals surface area contributed by atoms with Gasteiger partial charge in [0.2, 0.25) is 0 Å². The number of hydrogen-bond acceptors (Lipinski definition) is 6. The standard InChI is InChI=1S/C31H25Br2O6P/c32-24-9-5-7-21(15-24)18-37-30(34)17-23(31(35)38-19-22-8-6-10-25(33)16-22)20-40(36)29-14-4-2-12-27(29)26-11-1-3-13-28(26)39-40/h1-16,23H,17-20H2. The first-order chi connectivity index (χ1) is 19.3. The van der Waals surface area contributed by atoms with Crippen LogP contribution in [0.25, 0.3) is 11.1 Å². The van der Waals surface area contributed by atoms with Crippen molar-refractivity contribution in [1.29, 1.82) is 0 Å². The fourth-order valence-corrected chi connectivity index (χ4v) is 8.05. The second kappa shape index (κ2) is 12.5. The van der Waals surface area contributed by atoms with E-state index in [1.165, 1.54) is 0 Å². The fourth-order valence-electron chi connectivity index (χ4n) is 4.57. The van der Waals surface area contributed by atoms with Crippen molar-refractivity contribution in [2.75, 3.05) is 6.16 Å². The van der Waals surface area contributed by atoms with Crippen molar-refractivity contribution in [2.45, 2.75) is 19.6 Å². The number of esters is 2. The Balaban J connectivity index is 1.38. The van der Waals surface area contributed by atoms with Crippen LogP contribution < -0.4 is 9.83 Å². The van der Waals surface area contributed by atoms with E-state index in [-0.39, 0.29) is 25.8 Å². The normalized spacial score (nSPS) is 16.1. The largest absolute Gasteiger partial charge is 0.461 e. The SMILES string of the molecule is O=C(CC(CP1(=O)Oc2ccccc2-c2ccccc21)C(=O)OCc1cccc(Br)c1)OCc1cccc(Br)c1. The maximum atomic E-state index is 14.5. The molecule has 204 valence electrons. The highest BCUT2D eigenvalue weighted by Gasteiger charge is 2.41. The Morgan fingerprint density at radius 1 is 0.750 bits per heavy atom. The molecule has 2 atom stereocenters. The van der Waals surface area contributed by atoms with Crippen molar-refractivity contribution in [3.8, 4) is 16.9 Å². The van der Waals surface area contributed by atoms with Gasteiger partial charge in [0.1, 0.15) is 19.0 Å². The molecule has 4 aromatic rings. The minimum atomic E-state index is -3.61. The summed E-state index contributed by atoms with van der Waals surface area (Å²) >= 11 is 6.82. The van der Waals surface area contributed by atoms with E-state index in [0.29, 0.717) is 11.1 Å². The zero-order valence-corrected chi connectivity index (χ0v) is 25.4. The van der Waals surface area contributed by atoms with E-state index in [1.54, 1.807) is 24.3 Å². The van der Waals surface area contributed by atoms with Crippen LogP contribution >= 0.6 is 39.2 Å². The van der Waals surface area contributed by atoms with E-state index in [2.05, 4.69) is 31.9 Å².